The highest BCUT2D eigenvalue weighted by Gasteiger charge is 2.16. The van der Waals surface area contributed by atoms with E-state index in [1.54, 1.807) is 50.6 Å². The lowest BCUT2D eigenvalue weighted by Gasteiger charge is -2.14. The average Bonchev–Trinajstić information content (AvgIpc) is 2.86. The van der Waals surface area contributed by atoms with E-state index in [-0.39, 0.29) is 24.0 Å². The quantitative estimate of drug-likeness (QED) is 0.259. The fraction of sp³-hybridized carbons (Fsp3) is 0.185. The summed E-state index contributed by atoms with van der Waals surface area (Å²) in [6, 6.07) is 23.4. The number of nitrogens with zero attached hydrogens (tertiary/aromatic N) is 3. The SMILES string of the molecule is CCOc1cc(/C=N/N=C(/C(=O)c2ccccc2)c2ccccc2)ccc1OCC(=O)N(C)C. The van der Waals surface area contributed by atoms with Crippen LogP contribution in [0.15, 0.2) is 89.1 Å². The van der Waals surface area contributed by atoms with Gasteiger partial charge in [-0.3, -0.25) is 9.59 Å². The zero-order chi connectivity index (χ0) is 24.3. The predicted molar refractivity (Wildman–Crippen MR) is 133 cm³/mol. The number of Topliss-reactive ketones (excluding diaryl/α,β-unsaturated/α-hetero) is 1. The van der Waals surface area contributed by atoms with Crippen LogP contribution in [0.3, 0.4) is 0 Å². The Hall–Kier alpha value is -4.26. The Bertz CT molecular complexity index is 1170. The van der Waals surface area contributed by atoms with Crippen LogP contribution in [-0.4, -0.2) is 55.8 Å². The van der Waals surface area contributed by atoms with Crippen LogP contribution in [0.4, 0.5) is 0 Å². The summed E-state index contributed by atoms with van der Waals surface area (Å²) in [4.78, 5) is 26.4. The van der Waals surface area contributed by atoms with Crippen molar-refractivity contribution in [3.05, 3.63) is 95.6 Å². The maximum atomic E-state index is 13.1. The van der Waals surface area contributed by atoms with Gasteiger partial charge in [0.05, 0.1) is 12.8 Å². The Labute approximate surface area is 199 Å². The molecule has 3 aromatic rings. The summed E-state index contributed by atoms with van der Waals surface area (Å²) in [6.45, 7) is 2.20. The molecule has 1 amide bonds. The van der Waals surface area contributed by atoms with Gasteiger partial charge < -0.3 is 14.4 Å². The molecule has 0 bridgehead atoms. The summed E-state index contributed by atoms with van der Waals surface area (Å²) in [5.41, 5.74) is 2.17. The molecule has 174 valence electrons. The van der Waals surface area contributed by atoms with Crippen LogP contribution in [0, 0.1) is 0 Å². The lowest BCUT2D eigenvalue weighted by Crippen LogP contribution is -2.27. The Morgan fingerprint density at radius 3 is 2.12 bits per heavy atom. The first-order valence-corrected chi connectivity index (χ1v) is 10.9. The maximum Gasteiger partial charge on any atom is 0.259 e. The molecule has 34 heavy (non-hydrogen) atoms. The number of hydrogen-bond acceptors (Lipinski definition) is 6. The second-order valence-corrected chi connectivity index (χ2v) is 7.47. The van der Waals surface area contributed by atoms with E-state index in [1.807, 2.05) is 55.5 Å². The number of likely N-dealkylation sites (N-methyl/N-ethyl adjacent to an activating group) is 1. The molecule has 0 aliphatic heterocycles. The van der Waals surface area contributed by atoms with Gasteiger partial charge in [-0.15, -0.1) is 5.10 Å². The molecule has 3 rings (SSSR count). The van der Waals surface area contributed by atoms with Crippen molar-refractivity contribution in [2.45, 2.75) is 6.92 Å². The molecule has 7 nitrogen and oxygen atoms in total. The molecule has 3 aromatic carbocycles. The zero-order valence-corrected chi connectivity index (χ0v) is 19.5. The van der Waals surface area contributed by atoms with Crippen molar-refractivity contribution in [3.8, 4) is 11.5 Å². The zero-order valence-electron chi connectivity index (χ0n) is 19.5. The molecular weight excluding hydrogens is 430 g/mol. The van der Waals surface area contributed by atoms with Gasteiger partial charge in [0.2, 0.25) is 5.78 Å². The van der Waals surface area contributed by atoms with Crippen LogP contribution in [-0.2, 0) is 4.79 Å². The van der Waals surface area contributed by atoms with E-state index in [0.717, 1.165) is 0 Å². The second kappa shape index (κ2) is 12.1. The molecular formula is C27H27N3O4. The summed E-state index contributed by atoms with van der Waals surface area (Å²) in [5.74, 6) is 0.583. The minimum atomic E-state index is -0.215. The van der Waals surface area contributed by atoms with Crippen LogP contribution >= 0.6 is 0 Å². The standard InChI is InChI=1S/C27H27N3O4/c1-4-33-24-17-20(15-16-23(24)34-19-25(31)30(2)3)18-28-29-26(21-11-7-5-8-12-21)27(32)22-13-9-6-10-14-22/h5-18H,4,19H2,1-3H3/b28-18+,29-26+. The van der Waals surface area contributed by atoms with Crippen molar-refractivity contribution in [1.29, 1.82) is 0 Å². The van der Waals surface area contributed by atoms with Crippen LogP contribution in [0.2, 0.25) is 0 Å². The number of ether oxygens (including phenoxy) is 2. The van der Waals surface area contributed by atoms with E-state index in [4.69, 9.17) is 9.47 Å². The Morgan fingerprint density at radius 1 is 0.853 bits per heavy atom. The first-order valence-electron chi connectivity index (χ1n) is 10.9. The minimum Gasteiger partial charge on any atom is -0.490 e. The molecule has 0 unspecified atom stereocenters. The molecule has 0 heterocycles. The van der Waals surface area contributed by atoms with Crippen molar-refractivity contribution < 1.29 is 19.1 Å². The van der Waals surface area contributed by atoms with Gasteiger partial charge in [0.15, 0.2) is 18.1 Å². The first kappa shape index (κ1) is 24.4. The molecule has 0 saturated heterocycles. The highest BCUT2D eigenvalue weighted by Crippen LogP contribution is 2.28. The molecule has 7 heteroatoms. The smallest absolute Gasteiger partial charge is 0.259 e. The van der Waals surface area contributed by atoms with E-state index in [9.17, 15) is 9.59 Å². The van der Waals surface area contributed by atoms with Crippen molar-refractivity contribution in [1.82, 2.24) is 4.90 Å². The van der Waals surface area contributed by atoms with Crippen LogP contribution in [0.5, 0.6) is 11.5 Å². The molecule has 0 spiro atoms. The summed E-state index contributed by atoms with van der Waals surface area (Å²) in [7, 11) is 3.34. The van der Waals surface area contributed by atoms with Gasteiger partial charge in [0, 0.05) is 25.2 Å². The largest absolute Gasteiger partial charge is 0.490 e. The van der Waals surface area contributed by atoms with Gasteiger partial charge in [-0.25, -0.2) is 0 Å². The third-order valence-electron chi connectivity index (χ3n) is 4.78. The van der Waals surface area contributed by atoms with Crippen LogP contribution in [0.1, 0.15) is 28.4 Å². The summed E-state index contributed by atoms with van der Waals surface area (Å²) in [5, 5.41) is 8.44. The monoisotopic (exact) mass is 457 g/mol. The number of amides is 1. The number of hydrogen-bond donors (Lipinski definition) is 0. The first-order chi connectivity index (χ1) is 16.5. The molecule has 0 N–H and O–H groups in total. The van der Waals surface area contributed by atoms with Crippen molar-refractivity contribution in [3.63, 3.8) is 0 Å². The third kappa shape index (κ3) is 6.62. The molecule has 0 saturated carbocycles. The van der Waals surface area contributed by atoms with Crippen molar-refractivity contribution in [2.75, 3.05) is 27.3 Å². The number of carbonyl (C=O) groups is 2. The topological polar surface area (TPSA) is 80.6 Å². The molecule has 0 fully saturated rings. The van der Waals surface area contributed by atoms with Gasteiger partial charge in [-0.2, -0.15) is 5.10 Å². The van der Waals surface area contributed by atoms with Crippen LogP contribution in [0.25, 0.3) is 0 Å². The van der Waals surface area contributed by atoms with E-state index in [1.165, 1.54) is 4.90 Å². The van der Waals surface area contributed by atoms with Gasteiger partial charge in [-0.05, 0) is 30.7 Å². The third-order valence-corrected chi connectivity index (χ3v) is 4.78. The molecule has 0 atom stereocenters. The van der Waals surface area contributed by atoms with E-state index in [0.29, 0.717) is 34.8 Å². The summed E-state index contributed by atoms with van der Waals surface area (Å²) >= 11 is 0. The normalized spacial score (nSPS) is 11.3. The number of benzene rings is 3. The van der Waals surface area contributed by atoms with Crippen molar-refractivity contribution in [2.24, 2.45) is 10.2 Å². The number of rotatable bonds is 10. The molecule has 0 radical (unpaired) electrons. The second-order valence-electron chi connectivity index (χ2n) is 7.47. The Morgan fingerprint density at radius 2 is 1.50 bits per heavy atom. The summed E-state index contributed by atoms with van der Waals surface area (Å²) < 4.78 is 11.3. The Balaban J connectivity index is 1.86. The number of carbonyl (C=O) groups excluding carboxylic acids is 2. The molecule has 0 aliphatic rings. The molecule has 0 aromatic heterocycles. The van der Waals surface area contributed by atoms with Crippen LogP contribution < -0.4 is 9.47 Å². The minimum absolute atomic E-state index is 0.0904. The van der Waals surface area contributed by atoms with Gasteiger partial charge in [0.25, 0.3) is 5.91 Å². The van der Waals surface area contributed by atoms with Gasteiger partial charge in [0.1, 0.15) is 5.71 Å². The average molecular weight is 458 g/mol. The van der Waals surface area contributed by atoms with E-state index >= 15 is 0 Å². The van der Waals surface area contributed by atoms with Crippen molar-refractivity contribution >= 4 is 23.6 Å². The number of ketones is 1. The lowest BCUT2D eigenvalue weighted by atomic mass is 10.0. The highest BCUT2D eigenvalue weighted by molar-refractivity contribution is 6.51. The molecule has 0 aliphatic carbocycles. The van der Waals surface area contributed by atoms with E-state index < -0.39 is 0 Å². The van der Waals surface area contributed by atoms with E-state index in [2.05, 4.69) is 10.2 Å². The maximum absolute atomic E-state index is 13.1. The lowest BCUT2D eigenvalue weighted by molar-refractivity contribution is -0.130. The fourth-order valence-corrected chi connectivity index (χ4v) is 2.97. The summed E-state index contributed by atoms with van der Waals surface area (Å²) in [6.07, 6.45) is 1.54. The fourth-order valence-electron chi connectivity index (χ4n) is 2.97. The van der Waals surface area contributed by atoms with Gasteiger partial charge >= 0.3 is 0 Å². The Kier molecular flexibility index (Phi) is 8.68. The highest BCUT2D eigenvalue weighted by atomic mass is 16.5. The predicted octanol–water partition coefficient (Wildman–Crippen LogP) is 4.26. The van der Waals surface area contributed by atoms with Gasteiger partial charge in [-0.1, -0.05) is 60.7 Å².